The first-order valence-electron chi connectivity index (χ1n) is 7.73. The summed E-state index contributed by atoms with van der Waals surface area (Å²) in [6.45, 7) is 11.9. The minimum atomic E-state index is -0.155. The molecule has 0 aliphatic heterocycles. The highest BCUT2D eigenvalue weighted by Gasteiger charge is 2.12. The average Bonchev–Trinajstić information content (AvgIpc) is 2.83. The van der Waals surface area contributed by atoms with Crippen molar-refractivity contribution in [3.8, 4) is 0 Å². The van der Waals surface area contributed by atoms with Gasteiger partial charge in [-0.05, 0) is 44.6 Å². The van der Waals surface area contributed by atoms with Crippen LogP contribution in [0.25, 0.3) is 11.0 Å². The summed E-state index contributed by atoms with van der Waals surface area (Å²) in [5.74, 6) is 0. The highest BCUT2D eigenvalue weighted by Crippen LogP contribution is 2.17. The number of imidazole rings is 1. The summed E-state index contributed by atoms with van der Waals surface area (Å²) in [5.41, 5.74) is 2.75. The van der Waals surface area contributed by atoms with E-state index in [-0.39, 0.29) is 11.7 Å². The fraction of sp³-hybridized carbons (Fsp3) is 0.562. The van der Waals surface area contributed by atoms with Crippen LogP contribution < -0.4 is 11.0 Å². The molecule has 0 radical (unpaired) electrons. The molecule has 0 saturated heterocycles. The van der Waals surface area contributed by atoms with E-state index in [0.29, 0.717) is 6.04 Å². The molecule has 2 aromatic rings. The molecule has 3 N–H and O–H groups in total. The molecule has 1 heterocycles. The minimum absolute atomic E-state index is 0.155. The topological polar surface area (TPSA) is 63.9 Å². The van der Waals surface area contributed by atoms with Gasteiger partial charge in [0.05, 0.1) is 11.0 Å². The van der Waals surface area contributed by atoms with Crippen LogP contribution in [0.15, 0.2) is 23.0 Å². The molecule has 0 aliphatic carbocycles. The normalized spacial score (nSPS) is 14.7. The molecule has 1 aromatic heterocycles. The molecule has 0 fully saturated rings. The molecule has 5 nitrogen and oxygen atoms in total. The van der Waals surface area contributed by atoms with E-state index in [1.54, 1.807) is 0 Å². The van der Waals surface area contributed by atoms with Gasteiger partial charge in [0.15, 0.2) is 0 Å². The predicted octanol–water partition coefficient (Wildman–Crippen LogP) is 2.24. The van der Waals surface area contributed by atoms with E-state index in [4.69, 9.17) is 0 Å². The second-order valence-electron chi connectivity index (χ2n) is 5.66. The van der Waals surface area contributed by atoms with E-state index >= 15 is 0 Å². The Kier molecular flexibility index (Phi) is 5.20. The second-order valence-corrected chi connectivity index (χ2v) is 5.66. The third kappa shape index (κ3) is 3.95. The summed E-state index contributed by atoms with van der Waals surface area (Å²) in [6.07, 6.45) is 0. The van der Waals surface area contributed by atoms with Crippen molar-refractivity contribution in [1.82, 2.24) is 20.2 Å². The number of aromatic amines is 2. The molecule has 2 atom stereocenters. The van der Waals surface area contributed by atoms with Crippen LogP contribution in [-0.2, 0) is 0 Å². The Morgan fingerprint density at radius 1 is 1.14 bits per heavy atom. The van der Waals surface area contributed by atoms with Gasteiger partial charge in [0.25, 0.3) is 0 Å². The summed E-state index contributed by atoms with van der Waals surface area (Å²) < 4.78 is 0. The number of H-pyrrole nitrogens is 2. The largest absolute Gasteiger partial charge is 0.323 e. The molecule has 0 aliphatic rings. The molecule has 2 rings (SSSR count). The van der Waals surface area contributed by atoms with E-state index in [1.165, 1.54) is 5.56 Å². The molecular weight excluding hydrogens is 264 g/mol. The molecule has 0 amide bonds. The van der Waals surface area contributed by atoms with Gasteiger partial charge in [0, 0.05) is 18.6 Å². The maximum Gasteiger partial charge on any atom is 0.323 e. The van der Waals surface area contributed by atoms with Crippen LogP contribution in [0.5, 0.6) is 0 Å². The number of hydrogen-bond donors (Lipinski definition) is 3. The lowest BCUT2D eigenvalue weighted by molar-refractivity contribution is 0.264. The summed E-state index contributed by atoms with van der Waals surface area (Å²) in [7, 11) is 0. The van der Waals surface area contributed by atoms with Gasteiger partial charge < -0.3 is 20.2 Å². The van der Waals surface area contributed by atoms with Crippen molar-refractivity contribution in [2.45, 2.75) is 39.8 Å². The third-order valence-corrected chi connectivity index (χ3v) is 4.00. The fourth-order valence-corrected chi connectivity index (χ4v) is 2.76. The summed E-state index contributed by atoms with van der Waals surface area (Å²) in [5, 5.41) is 3.62. The van der Waals surface area contributed by atoms with Gasteiger partial charge in [-0.1, -0.05) is 19.9 Å². The number of hydrogen-bond acceptors (Lipinski definition) is 3. The first-order valence-corrected chi connectivity index (χ1v) is 7.73. The van der Waals surface area contributed by atoms with Gasteiger partial charge in [-0.2, -0.15) is 0 Å². The quantitative estimate of drug-likeness (QED) is 0.733. The molecule has 5 heteroatoms. The van der Waals surface area contributed by atoms with Crippen molar-refractivity contribution in [2.24, 2.45) is 0 Å². The maximum absolute atomic E-state index is 11.3. The maximum atomic E-state index is 11.3. The number of aromatic nitrogens is 2. The first-order chi connectivity index (χ1) is 10.0. The Hall–Kier alpha value is -1.59. The van der Waals surface area contributed by atoms with Crippen LogP contribution in [-0.4, -0.2) is 40.5 Å². The molecule has 2 unspecified atom stereocenters. The van der Waals surface area contributed by atoms with Crippen molar-refractivity contribution < 1.29 is 0 Å². The van der Waals surface area contributed by atoms with E-state index in [2.05, 4.69) is 53.9 Å². The third-order valence-electron chi connectivity index (χ3n) is 4.00. The first kappa shape index (κ1) is 15.8. The Labute approximate surface area is 125 Å². The van der Waals surface area contributed by atoms with Crippen LogP contribution in [0.2, 0.25) is 0 Å². The number of nitrogens with zero attached hydrogens (tertiary/aromatic N) is 1. The van der Waals surface area contributed by atoms with Crippen LogP contribution in [0, 0.1) is 0 Å². The van der Waals surface area contributed by atoms with Gasteiger partial charge in [0.2, 0.25) is 0 Å². The van der Waals surface area contributed by atoms with Crippen LogP contribution in [0.4, 0.5) is 0 Å². The number of fused-ring (bicyclic) bond motifs is 1. The Balaban J connectivity index is 2.03. The molecule has 116 valence electrons. The van der Waals surface area contributed by atoms with Crippen molar-refractivity contribution in [1.29, 1.82) is 0 Å². The molecular formula is C16H26N4O. The second kappa shape index (κ2) is 6.91. The monoisotopic (exact) mass is 290 g/mol. The van der Waals surface area contributed by atoms with E-state index < -0.39 is 0 Å². The van der Waals surface area contributed by atoms with Crippen LogP contribution in [0.3, 0.4) is 0 Å². The van der Waals surface area contributed by atoms with Crippen molar-refractivity contribution >= 4 is 11.0 Å². The number of benzene rings is 1. The Morgan fingerprint density at radius 3 is 2.48 bits per heavy atom. The van der Waals surface area contributed by atoms with Gasteiger partial charge in [-0.3, -0.25) is 0 Å². The molecule has 1 aromatic carbocycles. The van der Waals surface area contributed by atoms with Gasteiger partial charge in [-0.15, -0.1) is 0 Å². The number of rotatable bonds is 7. The summed E-state index contributed by atoms with van der Waals surface area (Å²) in [4.78, 5) is 19.3. The molecule has 0 bridgehead atoms. The molecule has 21 heavy (non-hydrogen) atoms. The summed E-state index contributed by atoms with van der Waals surface area (Å²) in [6, 6.07) is 6.72. The predicted molar refractivity (Wildman–Crippen MR) is 87.7 cm³/mol. The lowest BCUT2D eigenvalue weighted by Gasteiger charge is -2.26. The van der Waals surface area contributed by atoms with Gasteiger partial charge in [-0.25, -0.2) is 4.79 Å². The van der Waals surface area contributed by atoms with Gasteiger partial charge in [0.1, 0.15) is 0 Å². The fourth-order valence-electron chi connectivity index (χ4n) is 2.76. The number of nitrogens with one attached hydrogen (secondary N) is 3. The molecule has 0 spiro atoms. The highest BCUT2D eigenvalue weighted by molar-refractivity contribution is 5.75. The Bertz CT molecular complexity index is 626. The SMILES string of the molecule is CCN(CC)CC(C)NC(C)c1ccc2[nH]c(=O)[nH]c2c1. The highest BCUT2D eigenvalue weighted by atomic mass is 16.1. The minimum Gasteiger partial charge on any atom is -0.306 e. The lowest BCUT2D eigenvalue weighted by atomic mass is 10.1. The zero-order chi connectivity index (χ0) is 15.4. The van der Waals surface area contributed by atoms with Crippen LogP contribution >= 0.6 is 0 Å². The van der Waals surface area contributed by atoms with Crippen molar-refractivity contribution in [2.75, 3.05) is 19.6 Å². The zero-order valence-corrected chi connectivity index (χ0v) is 13.4. The Morgan fingerprint density at radius 2 is 1.81 bits per heavy atom. The van der Waals surface area contributed by atoms with Gasteiger partial charge >= 0.3 is 5.69 Å². The molecule has 0 saturated carbocycles. The number of likely N-dealkylation sites (N-methyl/N-ethyl adjacent to an activating group) is 1. The van der Waals surface area contributed by atoms with Crippen molar-refractivity contribution in [3.63, 3.8) is 0 Å². The van der Waals surface area contributed by atoms with Crippen molar-refractivity contribution in [3.05, 3.63) is 34.2 Å². The lowest BCUT2D eigenvalue weighted by Crippen LogP contribution is -2.40. The summed E-state index contributed by atoms with van der Waals surface area (Å²) >= 11 is 0. The average molecular weight is 290 g/mol. The zero-order valence-electron chi connectivity index (χ0n) is 13.4. The van der Waals surface area contributed by atoms with E-state index in [9.17, 15) is 4.79 Å². The van der Waals surface area contributed by atoms with Crippen LogP contribution in [0.1, 0.15) is 39.3 Å². The standard InChI is InChI=1S/C16H26N4O/c1-5-20(6-2)10-11(3)17-12(4)13-7-8-14-15(9-13)19-16(21)18-14/h7-9,11-12,17H,5-6,10H2,1-4H3,(H2,18,19,21). The smallest absolute Gasteiger partial charge is 0.306 e. The van der Waals surface area contributed by atoms with E-state index in [0.717, 1.165) is 30.7 Å². The van der Waals surface area contributed by atoms with E-state index in [1.807, 2.05) is 12.1 Å².